The van der Waals surface area contributed by atoms with Crippen LogP contribution in [0.25, 0.3) is 0 Å². The Kier molecular flexibility index (Phi) is 0.949. The number of allylic oxidation sites excluding steroid dienone is 1. The summed E-state index contributed by atoms with van der Waals surface area (Å²) in [5.74, 6) is -0.856. The number of benzene rings is 1. The Balaban J connectivity index is 1.96. The van der Waals surface area contributed by atoms with Crippen molar-refractivity contribution in [2.24, 2.45) is 0 Å². The number of aliphatic carboxylic acids is 1. The molecule has 1 aliphatic heterocycles. The summed E-state index contributed by atoms with van der Waals surface area (Å²) >= 11 is 0. The molecule has 1 heterocycles. The van der Waals surface area contributed by atoms with E-state index in [1.807, 2.05) is 30.3 Å². The van der Waals surface area contributed by atoms with Crippen molar-refractivity contribution in [2.75, 3.05) is 0 Å². The molecule has 0 bridgehead atoms. The van der Waals surface area contributed by atoms with Crippen LogP contribution in [0.4, 0.5) is 0 Å². The minimum absolute atomic E-state index is 0.576. The molecule has 2 fully saturated rings. The summed E-state index contributed by atoms with van der Waals surface area (Å²) in [7, 11) is 0. The summed E-state index contributed by atoms with van der Waals surface area (Å²) < 4.78 is 5.40. The van der Waals surface area contributed by atoms with Gasteiger partial charge in [-0.2, -0.15) is 0 Å². The Morgan fingerprint density at radius 3 is 3.00 bits per heavy atom. The molecule has 1 saturated carbocycles. The molecule has 1 aromatic carbocycles. The van der Waals surface area contributed by atoms with Gasteiger partial charge in [-0.3, -0.25) is 0 Å². The summed E-state index contributed by atoms with van der Waals surface area (Å²) in [6, 6.07) is 7.91. The Hall–Kier alpha value is -1.61. The Bertz CT molecular complexity index is 546. The lowest BCUT2D eigenvalue weighted by Crippen LogP contribution is -2.14. The van der Waals surface area contributed by atoms with Crippen LogP contribution in [0.15, 0.2) is 35.9 Å². The van der Waals surface area contributed by atoms with Gasteiger partial charge in [0.2, 0.25) is 5.60 Å². The lowest BCUT2D eigenvalue weighted by molar-refractivity contribution is -0.141. The number of carboxylic acids is 1. The molecule has 15 heavy (non-hydrogen) atoms. The van der Waals surface area contributed by atoms with E-state index in [-0.39, 0.29) is 0 Å². The van der Waals surface area contributed by atoms with E-state index in [4.69, 9.17) is 9.84 Å². The largest absolute Gasteiger partial charge is 0.479 e. The lowest BCUT2D eigenvalue weighted by Gasteiger charge is -2.14. The summed E-state index contributed by atoms with van der Waals surface area (Å²) in [5.41, 5.74) is 1.61. The Morgan fingerprint density at radius 2 is 2.20 bits per heavy atom. The fourth-order valence-electron chi connectivity index (χ4n) is 2.89. The van der Waals surface area contributed by atoms with Crippen LogP contribution < -0.4 is 0 Å². The quantitative estimate of drug-likeness (QED) is 0.548. The van der Waals surface area contributed by atoms with Crippen LogP contribution in [0.1, 0.15) is 11.1 Å². The molecule has 74 valence electrons. The highest BCUT2D eigenvalue weighted by Gasteiger charge is 2.97. The average molecular weight is 200 g/mol. The van der Waals surface area contributed by atoms with Crippen molar-refractivity contribution in [1.29, 1.82) is 0 Å². The van der Waals surface area contributed by atoms with Gasteiger partial charge in [0.25, 0.3) is 0 Å². The zero-order valence-electron chi connectivity index (χ0n) is 7.86. The average Bonchev–Trinajstić information content (AvgIpc) is 3.03. The Morgan fingerprint density at radius 1 is 1.40 bits per heavy atom. The predicted octanol–water partition coefficient (Wildman–Crippen LogP) is 1.23. The molecule has 1 spiro atoms. The van der Waals surface area contributed by atoms with Crippen LogP contribution in [-0.2, 0) is 21.6 Å². The molecule has 3 nitrogen and oxygen atoms in total. The predicted molar refractivity (Wildman–Crippen MR) is 51.4 cm³/mol. The van der Waals surface area contributed by atoms with Crippen molar-refractivity contribution >= 4 is 5.97 Å². The standard InChI is InChI=1S/C12H8O3/c13-10(14)12-9-6-5-7-3-1-2-4-8(7)11(9,12)15-12/h1-4,6H,5H2,(H,13,14). The fourth-order valence-corrected chi connectivity index (χ4v) is 2.89. The van der Waals surface area contributed by atoms with Crippen LogP contribution in [0.3, 0.4) is 0 Å². The van der Waals surface area contributed by atoms with Crippen molar-refractivity contribution in [2.45, 2.75) is 17.6 Å². The van der Waals surface area contributed by atoms with E-state index in [1.165, 1.54) is 5.56 Å². The van der Waals surface area contributed by atoms with Crippen LogP contribution in [-0.4, -0.2) is 16.7 Å². The molecule has 0 aromatic heterocycles. The summed E-state index contributed by atoms with van der Waals surface area (Å²) in [6.45, 7) is 0. The zero-order chi connectivity index (χ0) is 10.3. The molecule has 0 amide bonds. The van der Waals surface area contributed by atoms with Gasteiger partial charge in [0.1, 0.15) is 0 Å². The van der Waals surface area contributed by atoms with Crippen LogP contribution >= 0.6 is 0 Å². The van der Waals surface area contributed by atoms with Gasteiger partial charge in [0, 0.05) is 5.57 Å². The van der Waals surface area contributed by atoms with Crippen molar-refractivity contribution in [3.05, 3.63) is 47.0 Å². The van der Waals surface area contributed by atoms with Crippen molar-refractivity contribution in [3.8, 4) is 0 Å². The number of carbonyl (C=O) groups is 1. The molecular formula is C12H8O3. The van der Waals surface area contributed by atoms with Gasteiger partial charge >= 0.3 is 5.97 Å². The van der Waals surface area contributed by atoms with E-state index in [1.54, 1.807) is 0 Å². The molecule has 1 saturated heterocycles. The van der Waals surface area contributed by atoms with Gasteiger partial charge in [0.15, 0.2) is 5.60 Å². The molecule has 1 aromatic rings. The third-order valence-electron chi connectivity index (χ3n) is 3.68. The second-order valence-electron chi connectivity index (χ2n) is 4.25. The van der Waals surface area contributed by atoms with Crippen molar-refractivity contribution in [3.63, 3.8) is 0 Å². The highest BCUT2D eigenvalue weighted by Crippen LogP contribution is 2.82. The minimum atomic E-state index is -0.987. The number of rotatable bonds is 1. The molecule has 1 N–H and O–H groups in total. The van der Waals surface area contributed by atoms with E-state index < -0.39 is 17.2 Å². The highest BCUT2D eigenvalue weighted by molar-refractivity contribution is 6.01. The first-order chi connectivity index (χ1) is 7.23. The molecule has 4 rings (SSSR count). The van der Waals surface area contributed by atoms with Gasteiger partial charge in [-0.15, -0.1) is 0 Å². The number of hydrogen-bond acceptors (Lipinski definition) is 2. The van der Waals surface area contributed by atoms with Gasteiger partial charge < -0.3 is 9.84 Å². The monoisotopic (exact) mass is 200 g/mol. The molecule has 2 unspecified atom stereocenters. The second kappa shape index (κ2) is 1.86. The fraction of sp³-hybridized carbons (Fsp3) is 0.250. The number of carboxylic acid groups (broad SMARTS) is 1. The first kappa shape index (κ1) is 7.65. The number of hydrogen-bond donors (Lipinski definition) is 1. The maximum absolute atomic E-state index is 11.1. The van der Waals surface area contributed by atoms with Gasteiger partial charge in [-0.05, 0) is 17.5 Å². The molecular weight excluding hydrogens is 192 g/mol. The van der Waals surface area contributed by atoms with Crippen LogP contribution in [0.2, 0.25) is 0 Å². The minimum Gasteiger partial charge on any atom is -0.479 e. The van der Waals surface area contributed by atoms with Crippen LogP contribution in [0.5, 0.6) is 0 Å². The van der Waals surface area contributed by atoms with Gasteiger partial charge in [0.05, 0.1) is 0 Å². The van der Waals surface area contributed by atoms with E-state index in [0.29, 0.717) is 0 Å². The number of fused-ring (bicyclic) bond motifs is 2. The second-order valence-corrected chi connectivity index (χ2v) is 4.25. The van der Waals surface area contributed by atoms with E-state index in [9.17, 15) is 4.79 Å². The number of epoxide rings is 1. The summed E-state index contributed by atoms with van der Waals surface area (Å²) in [6.07, 6.45) is 2.82. The van der Waals surface area contributed by atoms with Crippen molar-refractivity contribution < 1.29 is 14.6 Å². The normalized spacial score (nSPS) is 38.3. The molecule has 3 heteroatoms. The highest BCUT2D eigenvalue weighted by atomic mass is 16.7. The topological polar surface area (TPSA) is 49.8 Å². The third kappa shape index (κ3) is 0.548. The summed E-state index contributed by atoms with van der Waals surface area (Å²) in [4.78, 5) is 11.1. The number of ether oxygens (including phenoxy) is 1. The molecule has 2 atom stereocenters. The summed E-state index contributed by atoms with van der Waals surface area (Å²) in [5, 5.41) is 9.14. The van der Waals surface area contributed by atoms with Crippen LogP contribution in [0, 0.1) is 0 Å². The zero-order valence-corrected chi connectivity index (χ0v) is 7.86. The lowest BCUT2D eigenvalue weighted by atomic mass is 9.95. The van der Waals surface area contributed by atoms with Gasteiger partial charge in [-0.25, -0.2) is 4.79 Å². The maximum atomic E-state index is 11.1. The first-order valence-electron chi connectivity index (χ1n) is 4.96. The van der Waals surface area contributed by atoms with E-state index in [2.05, 4.69) is 0 Å². The third-order valence-corrected chi connectivity index (χ3v) is 3.68. The Labute approximate surface area is 86.0 Å². The molecule has 3 aliphatic rings. The molecule has 2 aliphatic carbocycles. The van der Waals surface area contributed by atoms with Gasteiger partial charge in [-0.1, -0.05) is 30.3 Å². The smallest absolute Gasteiger partial charge is 0.344 e. The van der Waals surface area contributed by atoms with E-state index >= 15 is 0 Å². The SMILES string of the molecule is O=C(O)C12OC13C2=CCc1ccccc13. The molecule has 0 radical (unpaired) electrons. The maximum Gasteiger partial charge on any atom is 0.344 e. The van der Waals surface area contributed by atoms with Crippen molar-refractivity contribution in [1.82, 2.24) is 0 Å². The van der Waals surface area contributed by atoms with E-state index in [0.717, 1.165) is 17.6 Å². The first-order valence-corrected chi connectivity index (χ1v) is 4.96.